The molecule has 27 heavy (non-hydrogen) atoms. The SMILES string of the molecule is O=C(c1ccc2ccccc2c1)N(CCc1cccs1)Cc1cccnc1. The molecule has 0 unspecified atom stereocenters. The van der Waals surface area contributed by atoms with Gasteiger partial charge in [-0.2, -0.15) is 0 Å². The highest BCUT2D eigenvalue weighted by molar-refractivity contribution is 7.09. The maximum atomic E-state index is 13.3. The van der Waals surface area contributed by atoms with Gasteiger partial charge < -0.3 is 4.90 Å². The third-order valence-corrected chi connectivity index (χ3v) is 5.52. The molecule has 0 fully saturated rings. The van der Waals surface area contributed by atoms with E-state index in [1.807, 2.05) is 59.6 Å². The molecule has 0 saturated heterocycles. The molecule has 3 nitrogen and oxygen atoms in total. The van der Waals surface area contributed by atoms with Crippen molar-refractivity contribution in [3.8, 4) is 0 Å². The summed E-state index contributed by atoms with van der Waals surface area (Å²) >= 11 is 1.73. The largest absolute Gasteiger partial charge is 0.334 e. The van der Waals surface area contributed by atoms with Crippen molar-refractivity contribution in [2.75, 3.05) is 6.54 Å². The Morgan fingerprint density at radius 2 is 1.85 bits per heavy atom. The van der Waals surface area contributed by atoms with E-state index in [1.54, 1.807) is 17.5 Å². The molecule has 0 atom stereocenters. The van der Waals surface area contributed by atoms with Gasteiger partial charge in [-0.15, -0.1) is 11.3 Å². The van der Waals surface area contributed by atoms with Gasteiger partial charge in [0.1, 0.15) is 0 Å². The third kappa shape index (κ3) is 4.23. The zero-order chi connectivity index (χ0) is 18.5. The number of hydrogen-bond acceptors (Lipinski definition) is 3. The normalized spacial score (nSPS) is 10.8. The van der Waals surface area contributed by atoms with Crippen molar-refractivity contribution in [3.63, 3.8) is 0 Å². The van der Waals surface area contributed by atoms with Crippen LogP contribution >= 0.6 is 11.3 Å². The molecule has 0 aliphatic carbocycles. The quantitative estimate of drug-likeness (QED) is 0.467. The molecule has 1 amide bonds. The highest BCUT2D eigenvalue weighted by Gasteiger charge is 2.17. The second kappa shape index (κ2) is 8.14. The molecule has 0 radical (unpaired) electrons. The summed E-state index contributed by atoms with van der Waals surface area (Å²) in [5.41, 5.74) is 1.77. The zero-order valence-corrected chi connectivity index (χ0v) is 15.7. The van der Waals surface area contributed by atoms with Crippen LogP contribution in [-0.4, -0.2) is 22.3 Å². The third-order valence-electron chi connectivity index (χ3n) is 4.59. The molecule has 0 saturated carbocycles. The minimum atomic E-state index is 0.0566. The molecule has 0 aliphatic rings. The number of nitrogens with zero attached hydrogens (tertiary/aromatic N) is 2. The average molecular weight is 372 g/mol. The van der Waals surface area contributed by atoms with Crippen LogP contribution in [0.1, 0.15) is 20.8 Å². The molecule has 4 aromatic rings. The molecule has 0 spiro atoms. The Labute approximate surface area is 162 Å². The Balaban J connectivity index is 1.59. The van der Waals surface area contributed by atoms with Gasteiger partial charge in [-0.05, 0) is 52.4 Å². The molecule has 0 N–H and O–H groups in total. The Kier molecular flexibility index (Phi) is 5.26. The first-order valence-electron chi connectivity index (χ1n) is 8.99. The topological polar surface area (TPSA) is 33.2 Å². The van der Waals surface area contributed by atoms with Gasteiger partial charge >= 0.3 is 0 Å². The maximum absolute atomic E-state index is 13.3. The molecule has 134 valence electrons. The Morgan fingerprint density at radius 3 is 2.63 bits per heavy atom. The standard InChI is InChI=1S/C23H20N2OS/c26-23(21-10-9-19-6-1-2-7-20(19)15-21)25(13-11-22-8-4-14-27-22)17-18-5-3-12-24-16-18/h1-10,12,14-16H,11,13,17H2. The van der Waals surface area contributed by atoms with Gasteiger partial charge in [0, 0.05) is 35.9 Å². The van der Waals surface area contributed by atoms with E-state index in [9.17, 15) is 4.79 Å². The summed E-state index contributed by atoms with van der Waals surface area (Å²) in [6, 6.07) is 22.1. The lowest BCUT2D eigenvalue weighted by molar-refractivity contribution is 0.0745. The lowest BCUT2D eigenvalue weighted by atomic mass is 10.1. The van der Waals surface area contributed by atoms with Crippen molar-refractivity contribution < 1.29 is 4.79 Å². The molecule has 2 aromatic heterocycles. The first kappa shape index (κ1) is 17.4. The molecule has 4 rings (SSSR count). The van der Waals surface area contributed by atoms with E-state index in [1.165, 1.54) is 4.88 Å². The minimum Gasteiger partial charge on any atom is -0.334 e. The average Bonchev–Trinajstić information content (AvgIpc) is 3.24. The smallest absolute Gasteiger partial charge is 0.254 e. The van der Waals surface area contributed by atoms with Crippen LogP contribution in [0.25, 0.3) is 10.8 Å². The molecular formula is C23H20N2OS. The summed E-state index contributed by atoms with van der Waals surface area (Å²) < 4.78 is 0. The molecule has 0 bridgehead atoms. The number of rotatable bonds is 6. The summed E-state index contributed by atoms with van der Waals surface area (Å²) in [5, 5.41) is 4.31. The lowest BCUT2D eigenvalue weighted by Gasteiger charge is -2.23. The van der Waals surface area contributed by atoms with Crippen LogP contribution in [0.3, 0.4) is 0 Å². The molecule has 2 aromatic carbocycles. The Bertz CT molecular complexity index is 1030. The van der Waals surface area contributed by atoms with Crippen LogP contribution in [0.4, 0.5) is 0 Å². The fourth-order valence-corrected chi connectivity index (χ4v) is 3.87. The second-order valence-electron chi connectivity index (χ2n) is 6.48. The summed E-state index contributed by atoms with van der Waals surface area (Å²) in [5.74, 6) is 0.0566. The summed E-state index contributed by atoms with van der Waals surface area (Å²) in [6.07, 6.45) is 4.44. The van der Waals surface area contributed by atoms with Crippen molar-refractivity contribution in [1.29, 1.82) is 0 Å². The minimum absolute atomic E-state index is 0.0566. The Hall–Kier alpha value is -2.98. The van der Waals surface area contributed by atoms with Gasteiger partial charge in [-0.25, -0.2) is 0 Å². The van der Waals surface area contributed by atoms with E-state index in [0.717, 1.165) is 28.3 Å². The number of carbonyl (C=O) groups is 1. The van der Waals surface area contributed by atoms with Gasteiger partial charge in [0.25, 0.3) is 5.91 Å². The number of benzene rings is 2. The van der Waals surface area contributed by atoms with Crippen molar-refractivity contribution in [2.24, 2.45) is 0 Å². The summed E-state index contributed by atoms with van der Waals surface area (Å²) in [6.45, 7) is 1.24. The highest BCUT2D eigenvalue weighted by Crippen LogP contribution is 2.19. The van der Waals surface area contributed by atoms with Crippen LogP contribution in [-0.2, 0) is 13.0 Å². The number of amides is 1. The lowest BCUT2D eigenvalue weighted by Crippen LogP contribution is -2.32. The first-order valence-corrected chi connectivity index (χ1v) is 9.87. The van der Waals surface area contributed by atoms with Gasteiger partial charge in [0.15, 0.2) is 0 Å². The maximum Gasteiger partial charge on any atom is 0.254 e. The summed E-state index contributed by atoms with van der Waals surface area (Å²) in [7, 11) is 0. The molecule has 0 aliphatic heterocycles. The summed E-state index contributed by atoms with van der Waals surface area (Å²) in [4.78, 5) is 20.7. The fourth-order valence-electron chi connectivity index (χ4n) is 3.17. The van der Waals surface area contributed by atoms with Crippen molar-refractivity contribution in [2.45, 2.75) is 13.0 Å². The highest BCUT2D eigenvalue weighted by atomic mass is 32.1. The van der Waals surface area contributed by atoms with E-state index < -0.39 is 0 Å². The van der Waals surface area contributed by atoms with E-state index >= 15 is 0 Å². The number of pyridine rings is 1. The van der Waals surface area contributed by atoms with Crippen LogP contribution < -0.4 is 0 Å². The molecule has 2 heterocycles. The zero-order valence-electron chi connectivity index (χ0n) is 14.9. The van der Waals surface area contributed by atoms with Gasteiger partial charge in [-0.1, -0.05) is 42.5 Å². The van der Waals surface area contributed by atoms with Crippen LogP contribution in [0, 0.1) is 0 Å². The second-order valence-corrected chi connectivity index (χ2v) is 7.51. The molecular weight excluding hydrogens is 352 g/mol. The number of hydrogen-bond donors (Lipinski definition) is 0. The number of aromatic nitrogens is 1. The fraction of sp³-hybridized carbons (Fsp3) is 0.130. The van der Waals surface area contributed by atoms with Gasteiger partial charge in [0.05, 0.1) is 0 Å². The van der Waals surface area contributed by atoms with E-state index in [-0.39, 0.29) is 5.91 Å². The predicted molar refractivity (Wildman–Crippen MR) is 111 cm³/mol. The first-order chi connectivity index (χ1) is 13.3. The molecule has 4 heteroatoms. The van der Waals surface area contributed by atoms with E-state index in [0.29, 0.717) is 13.1 Å². The van der Waals surface area contributed by atoms with Gasteiger partial charge in [-0.3, -0.25) is 9.78 Å². The number of thiophene rings is 1. The van der Waals surface area contributed by atoms with Crippen molar-refractivity contribution in [3.05, 3.63) is 101 Å². The van der Waals surface area contributed by atoms with E-state index in [2.05, 4.69) is 28.6 Å². The van der Waals surface area contributed by atoms with Gasteiger partial charge in [0.2, 0.25) is 0 Å². The van der Waals surface area contributed by atoms with Crippen LogP contribution in [0.15, 0.2) is 84.5 Å². The van der Waals surface area contributed by atoms with Crippen molar-refractivity contribution in [1.82, 2.24) is 9.88 Å². The van der Waals surface area contributed by atoms with Crippen LogP contribution in [0.2, 0.25) is 0 Å². The predicted octanol–water partition coefficient (Wildman–Crippen LogP) is 5.18. The monoisotopic (exact) mass is 372 g/mol. The number of fused-ring (bicyclic) bond motifs is 1. The number of carbonyl (C=O) groups excluding carboxylic acids is 1. The van der Waals surface area contributed by atoms with Crippen LogP contribution in [0.5, 0.6) is 0 Å². The Morgan fingerprint density at radius 1 is 0.963 bits per heavy atom. The van der Waals surface area contributed by atoms with E-state index in [4.69, 9.17) is 0 Å². The van der Waals surface area contributed by atoms with Crippen molar-refractivity contribution >= 4 is 28.0 Å².